The van der Waals surface area contributed by atoms with Gasteiger partial charge in [0.05, 0.1) is 17.3 Å². The Morgan fingerprint density at radius 3 is 2.71 bits per heavy atom. The fraction of sp³-hybridized carbons (Fsp3) is 0.500. The summed E-state index contributed by atoms with van der Waals surface area (Å²) in [7, 11) is 0. The number of aliphatic hydroxyl groups is 1. The lowest BCUT2D eigenvalue weighted by Crippen LogP contribution is -2.42. The second-order valence-corrected chi connectivity index (χ2v) is 3.96. The molecule has 0 saturated carbocycles. The molecule has 0 aromatic carbocycles. The van der Waals surface area contributed by atoms with Crippen LogP contribution < -0.4 is 11.1 Å². The van der Waals surface area contributed by atoms with E-state index in [1.165, 1.54) is 0 Å². The predicted octanol–water partition coefficient (Wildman–Crippen LogP) is 1.24. The number of nitrogen functional groups attached to an aromatic ring is 1. The van der Waals surface area contributed by atoms with E-state index in [4.69, 9.17) is 5.73 Å². The molecule has 1 unspecified atom stereocenters. The van der Waals surface area contributed by atoms with Crippen molar-refractivity contribution in [2.24, 2.45) is 0 Å². The summed E-state index contributed by atoms with van der Waals surface area (Å²) in [5.41, 5.74) is 5.86. The van der Waals surface area contributed by atoms with Crippen molar-refractivity contribution in [1.82, 2.24) is 4.98 Å². The maximum atomic E-state index is 9.50. The Hall–Kier alpha value is -1.29. The molecule has 4 heteroatoms. The number of hydrogen-bond acceptors (Lipinski definition) is 4. The van der Waals surface area contributed by atoms with Crippen LogP contribution in [0.4, 0.5) is 11.5 Å². The van der Waals surface area contributed by atoms with Gasteiger partial charge in [0.15, 0.2) is 0 Å². The van der Waals surface area contributed by atoms with Crippen molar-refractivity contribution in [1.29, 1.82) is 0 Å². The van der Waals surface area contributed by atoms with Crippen LogP contribution in [0, 0.1) is 0 Å². The summed E-state index contributed by atoms with van der Waals surface area (Å²) >= 11 is 0. The Labute approximate surface area is 84.2 Å². The van der Waals surface area contributed by atoms with Gasteiger partial charge in [0, 0.05) is 6.20 Å². The molecule has 1 aromatic heterocycles. The third-order valence-corrected chi connectivity index (χ3v) is 2.32. The summed E-state index contributed by atoms with van der Waals surface area (Å²) in [6.07, 6.45) is 1.18. The molecule has 0 saturated heterocycles. The highest BCUT2D eigenvalue weighted by Gasteiger charge is 2.24. The number of aromatic nitrogens is 1. The van der Waals surface area contributed by atoms with Gasteiger partial charge in [0.2, 0.25) is 0 Å². The van der Waals surface area contributed by atoms with E-state index in [0.29, 0.717) is 11.5 Å². The predicted molar refractivity (Wildman–Crippen MR) is 58.0 cm³/mol. The van der Waals surface area contributed by atoms with Gasteiger partial charge in [0.1, 0.15) is 5.82 Å². The van der Waals surface area contributed by atoms with Crippen LogP contribution in [0.15, 0.2) is 18.3 Å². The molecule has 1 heterocycles. The average molecular weight is 195 g/mol. The molecule has 0 radical (unpaired) electrons. The van der Waals surface area contributed by atoms with Gasteiger partial charge in [0.25, 0.3) is 0 Å². The van der Waals surface area contributed by atoms with Crippen LogP contribution in [0.25, 0.3) is 0 Å². The molecule has 1 rings (SSSR count). The molecule has 0 aliphatic rings. The second-order valence-electron chi connectivity index (χ2n) is 3.96. The molecular weight excluding hydrogens is 178 g/mol. The molecule has 0 fully saturated rings. The lowest BCUT2D eigenvalue weighted by molar-refractivity contribution is 0.133. The third kappa shape index (κ3) is 2.35. The van der Waals surface area contributed by atoms with Gasteiger partial charge in [-0.15, -0.1) is 0 Å². The molecule has 14 heavy (non-hydrogen) atoms. The van der Waals surface area contributed by atoms with Gasteiger partial charge in [-0.05, 0) is 32.9 Å². The fourth-order valence-corrected chi connectivity index (χ4v) is 0.932. The summed E-state index contributed by atoms with van der Waals surface area (Å²) in [4.78, 5) is 4.10. The SMILES string of the molecule is CC(O)C(C)(C)Nc1ncccc1N. The zero-order valence-corrected chi connectivity index (χ0v) is 8.78. The molecule has 0 spiro atoms. The van der Waals surface area contributed by atoms with Gasteiger partial charge < -0.3 is 16.2 Å². The number of nitrogens with zero attached hydrogens (tertiary/aromatic N) is 1. The first-order chi connectivity index (χ1) is 6.43. The first kappa shape index (κ1) is 10.8. The minimum absolute atomic E-state index is 0.442. The first-order valence-corrected chi connectivity index (χ1v) is 4.60. The number of aliphatic hydroxyl groups excluding tert-OH is 1. The topological polar surface area (TPSA) is 71.2 Å². The van der Waals surface area contributed by atoms with E-state index in [1.807, 2.05) is 13.8 Å². The van der Waals surface area contributed by atoms with E-state index in [1.54, 1.807) is 25.3 Å². The van der Waals surface area contributed by atoms with Crippen molar-refractivity contribution in [2.45, 2.75) is 32.4 Å². The summed E-state index contributed by atoms with van der Waals surface area (Å²) in [5.74, 6) is 0.610. The van der Waals surface area contributed by atoms with Crippen molar-refractivity contribution >= 4 is 11.5 Å². The maximum Gasteiger partial charge on any atom is 0.149 e. The van der Waals surface area contributed by atoms with E-state index in [0.717, 1.165) is 0 Å². The van der Waals surface area contributed by atoms with E-state index in [2.05, 4.69) is 10.3 Å². The van der Waals surface area contributed by atoms with Crippen molar-refractivity contribution in [3.63, 3.8) is 0 Å². The molecule has 0 bridgehead atoms. The molecule has 4 N–H and O–H groups in total. The van der Waals surface area contributed by atoms with Gasteiger partial charge >= 0.3 is 0 Å². The highest BCUT2D eigenvalue weighted by Crippen LogP contribution is 2.20. The molecule has 0 aliphatic carbocycles. The molecule has 0 aliphatic heterocycles. The summed E-state index contributed by atoms with van der Waals surface area (Å²) in [6, 6.07) is 3.54. The van der Waals surface area contributed by atoms with E-state index in [9.17, 15) is 5.11 Å². The zero-order chi connectivity index (χ0) is 10.8. The number of anilines is 2. The van der Waals surface area contributed by atoms with Crippen molar-refractivity contribution in [2.75, 3.05) is 11.1 Å². The van der Waals surface area contributed by atoms with Crippen LogP contribution in [0.5, 0.6) is 0 Å². The molecule has 4 nitrogen and oxygen atoms in total. The minimum Gasteiger partial charge on any atom is -0.396 e. The molecular formula is C10H17N3O. The van der Waals surface area contributed by atoms with E-state index < -0.39 is 11.6 Å². The Balaban J connectivity index is 2.84. The summed E-state index contributed by atoms with van der Waals surface area (Å²) in [6.45, 7) is 5.52. The van der Waals surface area contributed by atoms with Crippen LogP contribution in [-0.2, 0) is 0 Å². The maximum absolute atomic E-state index is 9.50. The fourth-order valence-electron chi connectivity index (χ4n) is 0.932. The van der Waals surface area contributed by atoms with Gasteiger partial charge in [-0.2, -0.15) is 0 Å². The van der Waals surface area contributed by atoms with Gasteiger partial charge in [-0.25, -0.2) is 4.98 Å². The molecule has 78 valence electrons. The third-order valence-electron chi connectivity index (χ3n) is 2.32. The lowest BCUT2D eigenvalue weighted by Gasteiger charge is -2.30. The van der Waals surface area contributed by atoms with E-state index in [-0.39, 0.29) is 0 Å². The molecule has 1 atom stereocenters. The van der Waals surface area contributed by atoms with Crippen molar-refractivity contribution in [3.8, 4) is 0 Å². The number of pyridine rings is 1. The van der Waals surface area contributed by atoms with Crippen LogP contribution in [-0.4, -0.2) is 21.7 Å². The summed E-state index contributed by atoms with van der Waals surface area (Å²) < 4.78 is 0. The van der Waals surface area contributed by atoms with Gasteiger partial charge in [-0.3, -0.25) is 0 Å². The Morgan fingerprint density at radius 2 is 2.21 bits per heavy atom. The van der Waals surface area contributed by atoms with Gasteiger partial charge in [-0.1, -0.05) is 0 Å². The monoisotopic (exact) mass is 195 g/mol. The Kier molecular flexibility index (Phi) is 2.96. The van der Waals surface area contributed by atoms with Crippen LogP contribution >= 0.6 is 0 Å². The number of hydrogen-bond donors (Lipinski definition) is 3. The standard InChI is InChI=1S/C10H17N3O/c1-7(14)10(2,3)13-9-8(11)5-4-6-12-9/h4-7,14H,11H2,1-3H3,(H,12,13). The minimum atomic E-state index is -0.482. The van der Waals surface area contributed by atoms with Crippen LogP contribution in [0.2, 0.25) is 0 Å². The lowest BCUT2D eigenvalue weighted by atomic mass is 9.99. The Bertz CT molecular complexity index is 310. The number of nitrogens with one attached hydrogen (secondary N) is 1. The average Bonchev–Trinajstić information content (AvgIpc) is 2.08. The molecule has 1 aromatic rings. The van der Waals surface area contributed by atoms with E-state index >= 15 is 0 Å². The largest absolute Gasteiger partial charge is 0.396 e. The smallest absolute Gasteiger partial charge is 0.149 e. The zero-order valence-electron chi connectivity index (χ0n) is 8.78. The first-order valence-electron chi connectivity index (χ1n) is 4.60. The quantitative estimate of drug-likeness (QED) is 0.678. The highest BCUT2D eigenvalue weighted by molar-refractivity contribution is 5.61. The normalized spacial score (nSPS) is 13.7. The number of nitrogens with two attached hydrogens (primary N) is 1. The van der Waals surface area contributed by atoms with Crippen LogP contribution in [0.3, 0.4) is 0 Å². The van der Waals surface area contributed by atoms with Crippen LogP contribution in [0.1, 0.15) is 20.8 Å². The van der Waals surface area contributed by atoms with Crippen molar-refractivity contribution < 1.29 is 5.11 Å². The second kappa shape index (κ2) is 3.84. The summed E-state index contributed by atoms with van der Waals surface area (Å²) in [5, 5.41) is 12.6. The molecule has 0 amide bonds. The van der Waals surface area contributed by atoms with Crippen molar-refractivity contribution in [3.05, 3.63) is 18.3 Å². The highest BCUT2D eigenvalue weighted by atomic mass is 16.3. The number of rotatable bonds is 3. The Morgan fingerprint density at radius 1 is 1.57 bits per heavy atom.